The Morgan fingerprint density at radius 1 is 1.14 bits per heavy atom. The van der Waals surface area contributed by atoms with Gasteiger partial charge in [0.1, 0.15) is 18.6 Å². The fourth-order valence-corrected chi connectivity index (χ4v) is 6.18. The van der Waals surface area contributed by atoms with Crippen LogP contribution in [0, 0.1) is 36.0 Å². The SMILES string of the molecule is C#C.C=C.C=O.CC1CCC[C@H]1CCCCCc1nc2ccc(Cl)cc2[nH]c1=O.CC[C@@H]1CCN(C(=O)[C@@H](O)C(C)(C)C)C1[C-]=O.CN.[V]. The summed E-state index contributed by atoms with van der Waals surface area (Å²) in [6.07, 6.45) is 20.4. The molecule has 4 rings (SSSR count). The summed E-state index contributed by atoms with van der Waals surface area (Å²) in [7, 11) is 1.50. The molecule has 11 heteroatoms. The molecule has 1 aromatic heterocycles. The van der Waals surface area contributed by atoms with Gasteiger partial charge < -0.3 is 30.3 Å². The molecule has 1 aromatic carbocycles. The Morgan fingerprint density at radius 3 is 2.27 bits per heavy atom. The van der Waals surface area contributed by atoms with Crippen molar-refractivity contribution < 1.29 is 38.0 Å². The summed E-state index contributed by atoms with van der Waals surface area (Å²) in [4.78, 5) is 52.1. The Hall–Kier alpha value is -2.74. The fraction of sp³-hybridized carbons (Fsp3) is 0.605. The number of benzene rings is 1. The molecule has 2 unspecified atom stereocenters. The number of carbonyl (C=O) groups is 2. The van der Waals surface area contributed by atoms with Crippen molar-refractivity contribution in [3.63, 3.8) is 0 Å². The molecule has 9 nitrogen and oxygen atoms in total. The molecule has 275 valence electrons. The molecule has 2 aromatic rings. The van der Waals surface area contributed by atoms with E-state index in [0.29, 0.717) is 22.8 Å². The van der Waals surface area contributed by atoms with Crippen LogP contribution in [0.4, 0.5) is 0 Å². The zero-order chi connectivity index (χ0) is 37.4. The van der Waals surface area contributed by atoms with E-state index in [-0.39, 0.29) is 35.9 Å². The van der Waals surface area contributed by atoms with Gasteiger partial charge in [0, 0.05) is 30.1 Å². The van der Waals surface area contributed by atoms with E-state index in [0.717, 1.165) is 43.0 Å². The van der Waals surface area contributed by atoms with Gasteiger partial charge in [-0.05, 0) is 67.7 Å². The van der Waals surface area contributed by atoms with Crippen molar-refractivity contribution in [2.45, 2.75) is 111 Å². The van der Waals surface area contributed by atoms with E-state index < -0.39 is 17.6 Å². The van der Waals surface area contributed by atoms with Gasteiger partial charge >= 0.3 is 0 Å². The molecule has 1 saturated carbocycles. The number of amides is 1. The molecule has 1 amide bonds. The second kappa shape index (κ2) is 28.0. The Bertz CT molecular complexity index is 1280. The van der Waals surface area contributed by atoms with Crippen LogP contribution in [0.15, 0.2) is 36.2 Å². The molecular formula is C38H60ClN4O5V-. The van der Waals surface area contributed by atoms with Gasteiger partial charge in [-0.25, -0.2) is 11.3 Å². The summed E-state index contributed by atoms with van der Waals surface area (Å²) in [6, 6.07) is 4.93. The third-order valence-electron chi connectivity index (χ3n) is 8.76. The predicted octanol–water partition coefficient (Wildman–Crippen LogP) is 6.68. The maximum atomic E-state index is 12.1. The normalized spacial score (nSPS) is 19.6. The van der Waals surface area contributed by atoms with Crippen LogP contribution in [0.25, 0.3) is 11.0 Å². The number of aliphatic hydroxyl groups is 1. The number of nitrogens with one attached hydrogen (secondary N) is 1. The van der Waals surface area contributed by atoms with Crippen LogP contribution in [-0.4, -0.2) is 64.7 Å². The molecule has 2 aliphatic rings. The quantitative estimate of drug-likeness (QED) is 0.113. The topological polar surface area (TPSA) is 146 Å². The Balaban J connectivity index is -0.000000726. The number of hydrogen-bond acceptors (Lipinski definition) is 7. The number of rotatable bonds is 9. The Kier molecular flexibility index (Phi) is 29.0. The van der Waals surface area contributed by atoms with E-state index in [1.807, 2.05) is 52.9 Å². The van der Waals surface area contributed by atoms with Gasteiger partial charge in [-0.15, -0.1) is 26.0 Å². The van der Waals surface area contributed by atoms with Crippen LogP contribution in [-0.2, 0) is 39.4 Å². The van der Waals surface area contributed by atoms with Gasteiger partial charge in [-0.2, -0.15) is 0 Å². The van der Waals surface area contributed by atoms with Crippen LogP contribution in [0.5, 0.6) is 0 Å². The monoisotopic (exact) mass is 738 g/mol. The van der Waals surface area contributed by atoms with Crippen molar-refractivity contribution in [3.05, 3.63) is 52.4 Å². The smallest absolute Gasteiger partial charge is 0.270 e. The predicted molar refractivity (Wildman–Crippen MR) is 199 cm³/mol. The number of aromatic nitrogens is 2. The van der Waals surface area contributed by atoms with E-state index in [4.69, 9.17) is 16.4 Å². The molecule has 1 aliphatic carbocycles. The second-order valence-corrected chi connectivity index (χ2v) is 13.2. The van der Waals surface area contributed by atoms with Gasteiger partial charge in [0.05, 0.1) is 11.0 Å². The summed E-state index contributed by atoms with van der Waals surface area (Å²) in [5.74, 6) is 1.68. The zero-order valence-corrected chi connectivity index (χ0v) is 32.7. The van der Waals surface area contributed by atoms with Crippen molar-refractivity contribution >= 4 is 41.6 Å². The number of fused-ring (bicyclic) bond motifs is 1. The van der Waals surface area contributed by atoms with Crippen LogP contribution in [0.3, 0.4) is 0 Å². The molecule has 49 heavy (non-hydrogen) atoms. The van der Waals surface area contributed by atoms with E-state index in [1.165, 1.54) is 50.5 Å². The molecule has 0 spiro atoms. The minimum absolute atomic E-state index is 0. The van der Waals surface area contributed by atoms with Crippen molar-refractivity contribution in [1.29, 1.82) is 0 Å². The number of aliphatic hydroxyl groups excluding tert-OH is 1. The molecule has 1 saturated heterocycles. The third-order valence-corrected chi connectivity index (χ3v) is 8.99. The number of halogens is 1. The number of aryl methyl sites for hydroxylation is 1. The number of carbonyl (C=O) groups excluding carboxylic acids is 3. The number of likely N-dealkylation sites (tertiary alicyclic amines) is 1. The molecule has 4 N–H and O–H groups in total. The number of aromatic amines is 1. The van der Waals surface area contributed by atoms with Gasteiger partial charge in [-0.1, -0.05) is 97.2 Å². The first-order valence-corrected chi connectivity index (χ1v) is 17.1. The maximum absolute atomic E-state index is 12.1. The number of H-pyrrole nitrogens is 1. The number of nitrogens with zero attached hydrogens (tertiary/aromatic N) is 2. The number of hydrogen-bond donors (Lipinski definition) is 3. The largest absolute Gasteiger partial charge is 0.540 e. The Labute approximate surface area is 312 Å². The van der Waals surface area contributed by atoms with E-state index >= 15 is 0 Å². The first-order valence-electron chi connectivity index (χ1n) is 16.7. The second-order valence-electron chi connectivity index (χ2n) is 12.8. The van der Waals surface area contributed by atoms with Crippen molar-refractivity contribution in [1.82, 2.24) is 14.9 Å². The van der Waals surface area contributed by atoms with Crippen LogP contribution in [0.1, 0.15) is 98.1 Å². The van der Waals surface area contributed by atoms with Gasteiger partial charge in [0.25, 0.3) is 5.56 Å². The summed E-state index contributed by atoms with van der Waals surface area (Å²) in [5, 5.41) is 10.6. The minimum Gasteiger partial charge on any atom is -0.540 e. The molecule has 5 atom stereocenters. The summed E-state index contributed by atoms with van der Waals surface area (Å²) in [6.45, 7) is 18.4. The Morgan fingerprint density at radius 2 is 1.76 bits per heavy atom. The molecule has 1 aliphatic heterocycles. The molecule has 2 fully saturated rings. The molecule has 0 bridgehead atoms. The minimum atomic E-state index is -1.06. The number of nitrogens with two attached hydrogens (primary N) is 1. The van der Waals surface area contributed by atoms with E-state index in [2.05, 4.69) is 48.6 Å². The molecule has 2 heterocycles. The number of unbranched alkanes of at least 4 members (excludes halogenated alkanes) is 2. The molecule has 1 radical (unpaired) electrons. The van der Waals surface area contributed by atoms with Gasteiger partial charge in [-0.3, -0.25) is 9.59 Å². The first-order chi connectivity index (χ1) is 23.0. The number of terminal acetylenes is 1. The van der Waals surface area contributed by atoms with Crippen LogP contribution < -0.4 is 11.3 Å². The van der Waals surface area contributed by atoms with Crippen molar-refractivity contribution in [3.8, 4) is 12.8 Å². The summed E-state index contributed by atoms with van der Waals surface area (Å²) >= 11 is 5.94. The van der Waals surface area contributed by atoms with E-state index in [1.54, 1.807) is 6.07 Å². The third kappa shape index (κ3) is 16.7. The fourth-order valence-electron chi connectivity index (χ4n) is 6.01. The standard InChI is InChI=1S/C19H25ClN2O.C13H22NO3.C2H4.C2H2.CH5N.CH2O.V/c1-13-6-5-8-14(13)7-3-2-4-9-17-19(23)22-18-12-15(20)10-11-16(18)21-17;1-5-9-6-7-14(10(9)8-15)12(17)11(16)13(2,3)4;4*1-2;/h10-14H,2-9H2,1H3,(H,22,23);9-11,16H,5-7H2,1-4H3;1-2H2;1-2H;2H2,1H3;1H2;/q;-1;;;;;/t13?,14-;9-,10?,11-;;;;;/m11...../s1. The average Bonchev–Trinajstić information content (AvgIpc) is 3.72. The average molecular weight is 739 g/mol. The van der Waals surface area contributed by atoms with E-state index in [9.17, 15) is 19.5 Å². The zero-order valence-electron chi connectivity index (χ0n) is 30.6. The summed E-state index contributed by atoms with van der Waals surface area (Å²) in [5.41, 5.74) is 6.08. The first kappa shape index (κ1) is 50.6. The van der Waals surface area contributed by atoms with Crippen LogP contribution >= 0.6 is 11.6 Å². The maximum Gasteiger partial charge on any atom is 0.270 e. The van der Waals surface area contributed by atoms with Gasteiger partial charge in [0.2, 0.25) is 5.91 Å². The van der Waals surface area contributed by atoms with Gasteiger partial charge in [0.15, 0.2) is 0 Å². The van der Waals surface area contributed by atoms with Crippen molar-refractivity contribution in [2.24, 2.45) is 28.9 Å². The summed E-state index contributed by atoms with van der Waals surface area (Å²) < 4.78 is 0. The molecular weight excluding hydrogens is 679 g/mol. The van der Waals surface area contributed by atoms with Crippen molar-refractivity contribution in [2.75, 3.05) is 13.6 Å². The van der Waals surface area contributed by atoms with Crippen LogP contribution in [0.2, 0.25) is 5.02 Å².